The van der Waals surface area contributed by atoms with Gasteiger partial charge in [-0.25, -0.2) is 0 Å². The largest absolute Gasteiger partial charge is 0.481 e. The van der Waals surface area contributed by atoms with E-state index in [9.17, 15) is 4.79 Å². The Labute approximate surface area is 158 Å². The highest BCUT2D eigenvalue weighted by Gasteiger charge is 1.90. The fourth-order valence-electron chi connectivity index (χ4n) is 1.85. The number of hydrogen-bond acceptors (Lipinski definition) is 3. The van der Waals surface area contributed by atoms with Gasteiger partial charge in [0, 0.05) is 6.42 Å². The van der Waals surface area contributed by atoms with Crippen LogP contribution in [-0.4, -0.2) is 21.6 Å². The van der Waals surface area contributed by atoms with Crippen LogP contribution in [0.25, 0.3) is 0 Å². The predicted molar refractivity (Wildman–Crippen MR) is 110 cm³/mol. The molecule has 0 bridgehead atoms. The normalized spacial score (nSPS) is 12.3. The third-order valence-corrected chi connectivity index (χ3v) is 3.12. The molecule has 0 unspecified atom stereocenters. The van der Waals surface area contributed by atoms with E-state index in [1.54, 1.807) is 0 Å². The molecule has 0 spiro atoms. The van der Waals surface area contributed by atoms with Crippen LogP contribution in [0.2, 0.25) is 0 Å². The van der Waals surface area contributed by atoms with Gasteiger partial charge in [0.05, 0.1) is 0 Å². The molecule has 0 aliphatic rings. The Morgan fingerprint density at radius 2 is 0.923 bits per heavy atom. The standard InChI is InChI=1S/C22H32O2.H2O2/c1-2-3-4-5-6-7-8-9-10-11-12-13-14-15-16-17-18-19-20-21-22(23)24;1-2/h3-4,6-7,9-10,12-13,15-16,18-19H,2,5,8,11,14,17,20-21H2,1H3,(H,23,24);1-2H/b4-3-,7-6-,10-9-,13-12-,16-15-,19-18-;. The van der Waals surface area contributed by atoms with Crippen molar-refractivity contribution in [3.63, 3.8) is 0 Å². The quantitative estimate of drug-likeness (QED) is 0.186. The van der Waals surface area contributed by atoms with Crippen LogP contribution in [0.5, 0.6) is 0 Å². The van der Waals surface area contributed by atoms with Gasteiger partial charge in [-0.15, -0.1) is 0 Å². The van der Waals surface area contributed by atoms with E-state index in [-0.39, 0.29) is 6.42 Å². The summed E-state index contributed by atoms with van der Waals surface area (Å²) in [6, 6.07) is 0. The molecule has 4 heteroatoms. The first kappa shape index (κ1) is 26.1. The molecule has 0 atom stereocenters. The highest BCUT2D eigenvalue weighted by atomic mass is 17.0. The highest BCUT2D eigenvalue weighted by molar-refractivity contribution is 5.66. The molecule has 0 rings (SSSR count). The van der Waals surface area contributed by atoms with Gasteiger partial charge in [-0.2, -0.15) is 0 Å². The lowest BCUT2D eigenvalue weighted by atomic mass is 10.2. The summed E-state index contributed by atoms with van der Waals surface area (Å²) in [4.78, 5) is 10.3. The molecule has 0 saturated heterocycles. The summed E-state index contributed by atoms with van der Waals surface area (Å²) in [5, 5.41) is 20.5. The number of allylic oxidation sites excluding steroid dienone is 12. The molecule has 0 fully saturated rings. The van der Waals surface area contributed by atoms with Gasteiger partial charge >= 0.3 is 5.97 Å². The minimum absolute atomic E-state index is 0.210. The highest BCUT2D eigenvalue weighted by Crippen LogP contribution is 1.97. The summed E-state index contributed by atoms with van der Waals surface area (Å²) in [7, 11) is 0. The minimum atomic E-state index is -0.741. The second kappa shape index (κ2) is 25.1. The van der Waals surface area contributed by atoms with E-state index < -0.39 is 5.97 Å². The van der Waals surface area contributed by atoms with E-state index in [0.717, 1.165) is 38.5 Å². The number of hydrogen-bond donors (Lipinski definition) is 3. The van der Waals surface area contributed by atoms with Crippen LogP contribution in [0.3, 0.4) is 0 Å². The van der Waals surface area contributed by atoms with Gasteiger partial charge in [0.15, 0.2) is 0 Å². The van der Waals surface area contributed by atoms with Gasteiger partial charge in [-0.1, -0.05) is 79.8 Å². The number of carbonyl (C=O) groups is 1. The summed E-state index contributed by atoms with van der Waals surface area (Å²) >= 11 is 0. The van der Waals surface area contributed by atoms with E-state index in [1.165, 1.54) is 0 Å². The van der Waals surface area contributed by atoms with Gasteiger partial charge in [0.25, 0.3) is 0 Å². The van der Waals surface area contributed by atoms with Crippen molar-refractivity contribution in [2.75, 3.05) is 0 Å². The Kier molecular flexibility index (Phi) is 25.1. The number of carboxylic acid groups (broad SMARTS) is 1. The lowest BCUT2D eigenvalue weighted by Crippen LogP contribution is -1.91. The van der Waals surface area contributed by atoms with Crippen LogP contribution >= 0.6 is 0 Å². The van der Waals surface area contributed by atoms with Crippen LogP contribution in [0, 0.1) is 0 Å². The van der Waals surface area contributed by atoms with Gasteiger partial charge < -0.3 is 5.11 Å². The van der Waals surface area contributed by atoms with E-state index in [2.05, 4.69) is 67.7 Å². The molecule has 0 aromatic heterocycles. The second-order valence-electron chi connectivity index (χ2n) is 5.35. The zero-order valence-corrected chi connectivity index (χ0v) is 15.8. The van der Waals surface area contributed by atoms with E-state index in [0.29, 0.717) is 6.42 Å². The molecular weight excluding hydrogens is 328 g/mol. The zero-order chi connectivity index (χ0) is 19.7. The van der Waals surface area contributed by atoms with Crippen molar-refractivity contribution in [3.05, 3.63) is 72.9 Å². The smallest absolute Gasteiger partial charge is 0.303 e. The second-order valence-corrected chi connectivity index (χ2v) is 5.35. The number of rotatable bonds is 14. The summed E-state index contributed by atoms with van der Waals surface area (Å²) in [6.45, 7) is 2.15. The first-order chi connectivity index (χ1) is 12.8. The first-order valence-corrected chi connectivity index (χ1v) is 9.09. The van der Waals surface area contributed by atoms with Crippen LogP contribution in [0.4, 0.5) is 0 Å². The Balaban J connectivity index is 0. The molecule has 26 heavy (non-hydrogen) atoms. The fraction of sp³-hybridized carbons (Fsp3) is 0.409. The molecule has 0 aliphatic carbocycles. The molecule has 4 nitrogen and oxygen atoms in total. The summed E-state index contributed by atoms with van der Waals surface area (Å²) in [5.74, 6) is -0.741. The Bertz CT molecular complexity index is 469. The van der Waals surface area contributed by atoms with Crippen molar-refractivity contribution >= 4 is 5.97 Å². The van der Waals surface area contributed by atoms with E-state index in [4.69, 9.17) is 15.6 Å². The van der Waals surface area contributed by atoms with Gasteiger partial charge in [0.1, 0.15) is 0 Å². The maximum absolute atomic E-state index is 10.3. The van der Waals surface area contributed by atoms with Crippen molar-refractivity contribution in [1.82, 2.24) is 0 Å². The average molecular weight is 363 g/mol. The maximum atomic E-state index is 10.3. The van der Waals surface area contributed by atoms with Crippen molar-refractivity contribution in [2.24, 2.45) is 0 Å². The summed E-state index contributed by atoms with van der Waals surface area (Å²) in [5.41, 5.74) is 0. The number of carboxylic acids is 1. The maximum Gasteiger partial charge on any atom is 0.303 e. The number of aliphatic carboxylic acids is 1. The predicted octanol–water partition coefficient (Wildman–Crippen LogP) is 6.57. The summed E-state index contributed by atoms with van der Waals surface area (Å²) in [6.07, 6.45) is 32.5. The van der Waals surface area contributed by atoms with Crippen LogP contribution < -0.4 is 0 Å². The lowest BCUT2D eigenvalue weighted by molar-refractivity contribution is -0.176. The Morgan fingerprint density at radius 3 is 1.23 bits per heavy atom. The van der Waals surface area contributed by atoms with E-state index >= 15 is 0 Å². The van der Waals surface area contributed by atoms with Crippen LogP contribution in [0.1, 0.15) is 58.3 Å². The molecule has 0 saturated carbocycles. The molecule has 0 radical (unpaired) electrons. The molecule has 0 heterocycles. The van der Waals surface area contributed by atoms with Crippen molar-refractivity contribution in [3.8, 4) is 0 Å². The van der Waals surface area contributed by atoms with Crippen molar-refractivity contribution < 1.29 is 20.4 Å². The molecule has 0 amide bonds. The van der Waals surface area contributed by atoms with Gasteiger partial charge in [-0.3, -0.25) is 15.3 Å². The molecule has 3 N–H and O–H groups in total. The third kappa shape index (κ3) is 26.7. The molecular formula is C22H34O4. The Hall–Kier alpha value is -2.17. The molecule has 146 valence electrons. The van der Waals surface area contributed by atoms with Crippen molar-refractivity contribution in [2.45, 2.75) is 58.3 Å². The van der Waals surface area contributed by atoms with Crippen LogP contribution in [-0.2, 0) is 4.79 Å². The average Bonchev–Trinajstić information content (AvgIpc) is 2.65. The van der Waals surface area contributed by atoms with Crippen molar-refractivity contribution in [1.29, 1.82) is 0 Å². The molecule has 0 aromatic rings. The topological polar surface area (TPSA) is 77.8 Å². The zero-order valence-electron chi connectivity index (χ0n) is 15.8. The molecule has 0 aliphatic heterocycles. The first-order valence-electron chi connectivity index (χ1n) is 9.09. The minimum Gasteiger partial charge on any atom is -0.481 e. The van der Waals surface area contributed by atoms with E-state index in [1.807, 2.05) is 12.2 Å². The third-order valence-electron chi connectivity index (χ3n) is 3.12. The monoisotopic (exact) mass is 362 g/mol. The summed E-state index contributed by atoms with van der Waals surface area (Å²) < 4.78 is 0. The lowest BCUT2D eigenvalue weighted by Gasteiger charge is -1.87. The Morgan fingerprint density at radius 1 is 0.615 bits per heavy atom. The van der Waals surface area contributed by atoms with Gasteiger partial charge in [-0.05, 0) is 44.9 Å². The fourth-order valence-corrected chi connectivity index (χ4v) is 1.85. The molecule has 0 aromatic carbocycles. The van der Waals surface area contributed by atoms with Crippen LogP contribution in [0.15, 0.2) is 72.9 Å². The SMILES string of the molecule is CC/C=C\C/C=C\C/C=C\C/C=C\C/C=C\C/C=C\CCC(=O)O.OO. The van der Waals surface area contributed by atoms with Gasteiger partial charge in [0.2, 0.25) is 0 Å².